The minimum atomic E-state index is 0.0858. The van der Waals surface area contributed by atoms with Crippen LogP contribution in [0, 0.1) is 13.8 Å². The van der Waals surface area contributed by atoms with E-state index in [0.29, 0.717) is 0 Å². The fraction of sp³-hybridized carbons (Fsp3) is 0.0455. The van der Waals surface area contributed by atoms with Crippen molar-refractivity contribution in [1.29, 1.82) is 0 Å². The van der Waals surface area contributed by atoms with E-state index < -0.39 is 0 Å². The Balaban J connectivity index is 1.32. The van der Waals surface area contributed by atoms with Crippen LogP contribution < -0.4 is 31.1 Å². The van der Waals surface area contributed by atoms with E-state index in [2.05, 4.69) is 198 Å². The van der Waals surface area contributed by atoms with Crippen molar-refractivity contribution in [2.24, 2.45) is 0 Å². The lowest BCUT2D eigenvalue weighted by atomic mass is 9.33. The van der Waals surface area contributed by atoms with Crippen LogP contribution in [0.3, 0.4) is 0 Å². The Labute approximate surface area is 283 Å². The van der Waals surface area contributed by atoms with Crippen LogP contribution in [-0.2, 0) is 0 Å². The Bertz CT molecular complexity index is 2280. The smallest absolute Gasteiger partial charge is 0.252 e. The first-order chi connectivity index (χ1) is 23.7. The van der Waals surface area contributed by atoms with Gasteiger partial charge in [0.05, 0.1) is 0 Å². The van der Waals surface area contributed by atoms with Crippen molar-refractivity contribution in [2.75, 3.05) is 14.7 Å². The van der Waals surface area contributed by atoms with Gasteiger partial charge in [0.1, 0.15) is 0 Å². The zero-order chi connectivity index (χ0) is 32.2. The molecule has 0 aromatic heterocycles. The van der Waals surface area contributed by atoms with Crippen molar-refractivity contribution in [3.05, 3.63) is 181 Å². The molecule has 7 aromatic rings. The fourth-order valence-electron chi connectivity index (χ4n) is 7.66. The van der Waals surface area contributed by atoms with E-state index >= 15 is 0 Å². The zero-order valence-electron chi connectivity index (χ0n) is 27.1. The van der Waals surface area contributed by atoms with E-state index in [1.165, 1.54) is 56.0 Å². The van der Waals surface area contributed by atoms with E-state index in [9.17, 15) is 0 Å². The predicted octanol–water partition coefficient (Wildman–Crippen LogP) is 9.86. The van der Waals surface area contributed by atoms with Gasteiger partial charge >= 0.3 is 0 Å². The number of nitrogens with zero attached hydrogens (tertiary/aromatic N) is 3. The van der Waals surface area contributed by atoms with E-state index in [4.69, 9.17) is 0 Å². The SMILES string of the molecule is Cc1ccc(N(c2ccc3c(c2)N(c2ccccc2)c2cccc4c2B3c2ccccc2N4c2ccccc2)c2ccccc2C)cc1. The second kappa shape index (κ2) is 11.4. The first-order valence-corrected chi connectivity index (χ1v) is 16.7. The molecule has 2 aliphatic heterocycles. The highest BCUT2D eigenvalue weighted by molar-refractivity contribution is 7.00. The first kappa shape index (κ1) is 28.2. The standard InChI is InChI=1S/C44H34BN3/c1-31-24-26-35(27-25-31)46(39-20-11-9-14-32(39)2)36-28-29-38-43(30-36)48(34-17-7-4-8-18-34)42-23-13-22-41-44(42)45(38)37-19-10-12-21-40(37)47(41)33-15-5-3-6-16-33/h3-30H,1-2H3. The van der Waals surface area contributed by atoms with Gasteiger partial charge in [-0.1, -0.05) is 103 Å². The number of hydrogen-bond acceptors (Lipinski definition) is 3. The average Bonchev–Trinajstić information content (AvgIpc) is 3.14. The number of hydrogen-bond donors (Lipinski definition) is 0. The van der Waals surface area contributed by atoms with Crippen molar-refractivity contribution < 1.29 is 0 Å². The number of anilines is 9. The minimum absolute atomic E-state index is 0.0858. The first-order valence-electron chi connectivity index (χ1n) is 16.7. The monoisotopic (exact) mass is 615 g/mol. The van der Waals surface area contributed by atoms with Gasteiger partial charge < -0.3 is 14.7 Å². The predicted molar refractivity (Wildman–Crippen MR) is 205 cm³/mol. The molecule has 0 saturated carbocycles. The van der Waals surface area contributed by atoms with Crippen LogP contribution in [0.2, 0.25) is 0 Å². The number of rotatable bonds is 5. The highest BCUT2D eigenvalue weighted by atomic mass is 15.2. The summed E-state index contributed by atoms with van der Waals surface area (Å²) < 4.78 is 0. The Morgan fingerprint density at radius 2 is 0.979 bits per heavy atom. The molecule has 0 aliphatic carbocycles. The summed E-state index contributed by atoms with van der Waals surface area (Å²) in [5, 5.41) is 0. The lowest BCUT2D eigenvalue weighted by Gasteiger charge is -2.44. The third-order valence-corrected chi connectivity index (χ3v) is 9.82. The van der Waals surface area contributed by atoms with Crippen molar-refractivity contribution in [3.8, 4) is 0 Å². The summed E-state index contributed by atoms with van der Waals surface area (Å²) in [6.45, 7) is 4.42. The van der Waals surface area contributed by atoms with Gasteiger partial charge in [0.2, 0.25) is 0 Å². The second-order valence-corrected chi connectivity index (χ2v) is 12.7. The van der Waals surface area contributed by atoms with Gasteiger partial charge in [-0.15, -0.1) is 0 Å². The number of benzene rings is 7. The molecule has 0 amide bonds. The highest BCUT2D eigenvalue weighted by Gasteiger charge is 2.43. The molecule has 2 heterocycles. The van der Waals surface area contributed by atoms with Gasteiger partial charge in [0, 0.05) is 51.2 Å². The maximum absolute atomic E-state index is 2.47. The zero-order valence-corrected chi connectivity index (χ0v) is 27.1. The van der Waals surface area contributed by atoms with Gasteiger partial charge in [-0.2, -0.15) is 0 Å². The summed E-state index contributed by atoms with van der Waals surface area (Å²) in [6, 6.07) is 61.9. The maximum atomic E-state index is 2.47. The van der Waals surface area contributed by atoms with Crippen LogP contribution >= 0.6 is 0 Å². The third-order valence-electron chi connectivity index (χ3n) is 9.82. The van der Waals surface area contributed by atoms with E-state index in [-0.39, 0.29) is 6.71 Å². The van der Waals surface area contributed by atoms with Crippen LogP contribution in [0.4, 0.5) is 51.2 Å². The van der Waals surface area contributed by atoms with E-state index in [0.717, 1.165) is 22.7 Å². The lowest BCUT2D eigenvalue weighted by molar-refractivity contribution is 1.23. The van der Waals surface area contributed by atoms with E-state index in [1.807, 2.05) is 0 Å². The molecule has 0 spiro atoms. The Hall–Kier alpha value is -6.00. The van der Waals surface area contributed by atoms with Crippen LogP contribution in [0.1, 0.15) is 11.1 Å². The molecule has 4 heteroatoms. The summed E-state index contributed by atoms with van der Waals surface area (Å²) in [5.41, 5.74) is 17.0. The summed E-state index contributed by atoms with van der Waals surface area (Å²) in [6.07, 6.45) is 0. The Kier molecular flexibility index (Phi) is 6.68. The van der Waals surface area contributed by atoms with Gasteiger partial charge in [-0.05, 0) is 109 Å². The van der Waals surface area contributed by atoms with E-state index in [1.54, 1.807) is 0 Å². The van der Waals surface area contributed by atoms with Crippen molar-refractivity contribution in [2.45, 2.75) is 13.8 Å². The quantitative estimate of drug-likeness (QED) is 0.179. The Morgan fingerprint density at radius 1 is 0.438 bits per heavy atom. The number of aryl methyl sites for hydroxylation is 2. The molecule has 7 aromatic carbocycles. The van der Waals surface area contributed by atoms with Crippen molar-refractivity contribution in [3.63, 3.8) is 0 Å². The molecule has 0 radical (unpaired) electrons. The van der Waals surface area contributed by atoms with Crippen molar-refractivity contribution in [1.82, 2.24) is 0 Å². The summed E-state index contributed by atoms with van der Waals surface area (Å²) in [4.78, 5) is 7.30. The molecule has 0 atom stereocenters. The molecular formula is C44H34BN3. The summed E-state index contributed by atoms with van der Waals surface area (Å²) >= 11 is 0. The van der Waals surface area contributed by atoms with Gasteiger partial charge in [-0.25, -0.2) is 0 Å². The van der Waals surface area contributed by atoms with Crippen LogP contribution in [0.25, 0.3) is 0 Å². The lowest BCUT2D eigenvalue weighted by Crippen LogP contribution is -2.61. The molecular weight excluding hydrogens is 581 g/mol. The number of fused-ring (bicyclic) bond motifs is 4. The van der Waals surface area contributed by atoms with Gasteiger partial charge in [0.25, 0.3) is 6.71 Å². The molecule has 0 N–H and O–H groups in total. The normalized spacial score (nSPS) is 12.7. The van der Waals surface area contributed by atoms with Gasteiger partial charge in [0.15, 0.2) is 0 Å². The molecule has 0 unspecified atom stereocenters. The second-order valence-electron chi connectivity index (χ2n) is 12.7. The summed E-state index contributed by atoms with van der Waals surface area (Å²) in [7, 11) is 0. The highest BCUT2D eigenvalue weighted by Crippen LogP contribution is 2.45. The van der Waals surface area contributed by atoms with Crippen LogP contribution in [-0.4, -0.2) is 6.71 Å². The molecule has 3 nitrogen and oxygen atoms in total. The van der Waals surface area contributed by atoms with Crippen LogP contribution in [0.5, 0.6) is 0 Å². The third kappa shape index (κ3) is 4.45. The molecule has 2 aliphatic rings. The largest absolute Gasteiger partial charge is 0.311 e. The summed E-state index contributed by atoms with van der Waals surface area (Å²) in [5.74, 6) is 0. The molecule has 0 saturated heterocycles. The molecule has 9 rings (SSSR count). The van der Waals surface area contributed by atoms with Crippen molar-refractivity contribution >= 4 is 74.3 Å². The molecule has 228 valence electrons. The fourth-order valence-corrected chi connectivity index (χ4v) is 7.66. The van der Waals surface area contributed by atoms with Gasteiger partial charge in [-0.3, -0.25) is 0 Å². The molecule has 0 fully saturated rings. The van der Waals surface area contributed by atoms with Crippen LogP contribution in [0.15, 0.2) is 170 Å². The average molecular weight is 616 g/mol. The molecule has 0 bridgehead atoms. The topological polar surface area (TPSA) is 9.72 Å². The molecule has 48 heavy (non-hydrogen) atoms. The minimum Gasteiger partial charge on any atom is -0.311 e. The number of para-hydroxylation sites is 4. The maximum Gasteiger partial charge on any atom is 0.252 e. The Morgan fingerprint density at radius 3 is 1.67 bits per heavy atom.